The summed E-state index contributed by atoms with van der Waals surface area (Å²) in [6.45, 7) is 1.99. The Kier molecular flexibility index (Phi) is 3.78. The minimum Gasteiger partial charge on any atom is -0.382 e. The van der Waals surface area contributed by atoms with Gasteiger partial charge in [-0.3, -0.25) is 9.69 Å². The number of carbonyl (C=O) groups excluding carboxylic acids is 2. The van der Waals surface area contributed by atoms with E-state index in [1.165, 1.54) is 12.0 Å². The van der Waals surface area contributed by atoms with E-state index in [1.807, 2.05) is 6.07 Å². The van der Waals surface area contributed by atoms with Crippen LogP contribution in [0.5, 0.6) is 0 Å². The number of amides is 3. The molecule has 0 bridgehead atoms. The van der Waals surface area contributed by atoms with Crippen LogP contribution in [0.4, 0.5) is 4.79 Å². The Balaban J connectivity index is 2.17. The topological polar surface area (TPSA) is 58.6 Å². The second-order valence-electron chi connectivity index (χ2n) is 4.72. The summed E-state index contributed by atoms with van der Waals surface area (Å²) in [5.74, 6) is -0.292. The van der Waals surface area contributed by atoms with Gasteiger partial charge in [0.25, 0.3) is 5.91 Å². The van der Waals surface area contributed by atoms with Crippen molar-refractivity contribution in [2.45, 2.75) is 19.0 Å². The fraction of sp³-hybridized carbons (Fsp3) is 0.385. The summed E-state index contributed by atoms with van der Waals surface area (Å²) in [4.78, 5) is 25.3. The Hall–Kier alpha value is -1.59. The number of benzene rings is 1. The van der Waals surface area contributed by atoms with Gasteiger partial charge in [-0.1, -0.05) is 23.7 Å². The maximum atomic E-state index is 12.2. The fourth-order valence-electron chi connectivity index (χ4n) is 2.10. The Bertz CT molecular complexity index is 520. The van der Waals surface area contributed by atoms with E-state index in [1.54, 1.807) is 25.1 Å². The average Bonchev–Trinajstić information content (AvgIpc) is 2.54. The predicted octanol–water partition coefficient (Wildman–Crippen LogP) is 1.80. The molecule has 1 aliphatic heterocycles. The minimum atomic E-state index is -0.996. The molecule has 6 heteroatoms. The molecule has 0 saturated carbocycles. The molecule has 102 valence electrons. The lowest BCUT2D eigenvalue weighted by atomic mass is 10.0. The van der Waals surface area contributed by atoms with E-state index >= 15 is 0 Å². The van der Waals surface area contributed by atoms with Crippen molar-refractivity contribution in [1.82, 2.24) is 10.2 Å². The molecule has 0 aromatic heterocycles. The lowest BCUT2D eigenvalue weighted by Gasteiger charge is -2.20. The SMILES string of the molecule is COC[C@]1(C)NC(=O)N(Cc2cccc(Cl)c2)C1=O. The van der Waals surface area contributed by atoms with Crippen LogP contribution >= 0.6 is 11.6 Å². The molecule has 0 unspecified atom stereocenters. The van der Waals surface area contributed by atoms with Crippen LogP contribution in [0.25, 0.3) is 0 Å². The molecule has 3 amide bonds. The normalized spacial score (nSPS) is 22.8. The monoisotopic (exact) mass is 282 g/mol. The van der Waals surface area contributed by atoms with Crippen molar-refractivity contribution in [2.24, 2.45) is 0 Å². The molecule has 0 aliphatic carbocycles. The Labute approximate surface area is 116 Å². The van der Waals surface area contributed by atoms with Crippen LogP contribution in [-0.2, 0) is 16.1 Å². The van der Waals surface area contributed by atoms with Gasteiger partial charge >= 0.3 is 6.03 Å². The lowest BCUT2D eigenvalue weighted by molar-refractivity contribution is -0.132. The van der Waals surface area contributed by atoms with E-state index in [9.17, 15) is 9.59 Å². The van der Waals surface area contributed by atoms with E-state index in [4.69, 9.17) is 16.3 Å². The van der Waals surface area contributed by atoms with Crippen molar-refractivity contribution in [1.29, 1.82) is 0 Å². The maximum absolute atomic E-state index is 12.2. The standard InChI is InChI=1S/C13H15ClN2O3/c1-13(8-19-2)11(17)16(12(18)15-13)7-9-4-3-5-10(14)6-9/h3-6H,7-8H2,1-2H3,(H,15,18)/t13-/m0/s1. The third kappa shape index (κ3) is 2.72. The van der Waals surface area contributed by atoms with Gasteiger partial charge in [-0.15, -0.1) is 0 Å². The lowest BCUT2D eigenvalue weighted by Crippen LogP contribution is -2.47. The molecular weight excluding hydrogens is 268 g/mol. The molecule has 5 nitrogen and oxygen atoms in total. The Morgan fingerprint density at radius 2 is 2.16 bits per heavy atom. The van der Waals surface area contributed by atoms with Gasteiger partial charge in [0.1, 0.15) is 5.54 Å². The molecular formula is C13H15ClN2O3. The number of rotatable bonds is 4. The van der Waals surface area contributed by atoms with Crippen LogP contribution in [0.2, 0.25) is 5.02 Å². The number of hydrogen-bond acceptors (Lipinski definition) is 3. The number of ether oxygens (including phenoxy) is 1. The molecule has 1 atom stereocenters. The van der Waals surface area contributed by atoms with Crippen molar-refractivity contribution in [3.8, 4) is 0 Å². The van der Waals surface area contributed by atoms with Gasteiger partial charge in [-0.25, -0.2) is 4.79 Å². The quantitative estimate of drug-likeness (QED) is 0.857. The van der Waals surface area contributed by atoms with Gasteiger partial charge in [0, 0.05) is 12.1 Å². The molecule has 1 aromatic rings. The number of carbonyl (C=O) groups is 2. The number of methoxy groups -OCH3 is 1. The van der Waals surface area contributed by atoms with Crippen LogP contribution in [0, 0.1) is 0 Å². The molecule has 0 radical (unpaired) electrons. The van der Waals surface area contributed by atoms with E-state index in [0.29, 0.717) is 5.02 Å². The molecule has 1 saturated heterocycles. The van der Waals surface area contributed by atoms with E-state index in [2.05, 4.69) is 5.32 Å². The number of nitrogens with one attached hydrogen (secondary N) is 1. The summed E-state index contributed by atoms with van der Waals surface area (Å²) in [7, 11) is 1.49. The molecule has 1 fully saturated rings. The largest absolute Gasteiger partial charge is 0.382 e. The first-order chi connectivity index (χ1) is 8.96. The number of urea groups is 1. The number of hydrogen-bond donors (Lipinski definition) is 1. The molecule has 1 aliphatic rings. The summed E-state index contributed by atoms with van der Waals surface area (Å²) in [5, 5.41) is 3.22. The molecule has 0 spiro atoms. The molecule has 2 rings (SSSR count). The van der Waals surface area contributed by atoms with Gasteiger partial charge in [0.05, 0.1) is 13.2 Å². The van der Waals surface area contributed by atoms with Crippen molar-refractivity contribution in [3.63, 3.8) is 0 Å². The van der Waals surface area contributed by atoms with Crippen LogP contribution in [0.15, 0.2) is 24.3 Å². The Morgan fingerprint density at radius 1 is 1.42 bits per heavy atom. The van der Waals surface area contributed by atoms with Crippen LogP contribution in [0.3, 0.4) is 0 Å². The second kappa shape index (κ2) is 5.19. The van der Waals surface area contributed by atoms with Gasteiger partial charge in [0.15, 0.2) is 0 Å². The van der Waals surface area contributed by atoms with Crippen LogP contribution in [-0.4, -0.2) is 36.1 Å². The highest BCUT2D eigenvalue weighted by Gasteiger charge is 2.47. The van der Waals surface area contributed by atoms with E-state index < -0.39 is 11.6 Å². The first kappa shape index (κ1) is 13.8. The van der Waals surface area contributed by atoms with Crippen LogP contribution < -0.4 is 5.32 Å². The summed E-state index contributed by atoms with van der Waals surface area (Å²) in [5.41, 5.74) is -0.192. The summed E-state index contributed by atoms with van der Waals surface area (Å²) in [6.07, 6.45) is 0. The van der Waals surface area contributed by atoms with Gasteiger partial charge in [-0.2, -0.15) is 0 Å². The first-order valence-corrected chi connectivity index (χ1v) is 6.21. The highest BCUT2D eigenvalue weighted by atomic mass is 35.5. The molecule has 1 heterocycles. The molecule has 1 aromatic carbocycles. The fourth-order valence-corrected chi connectivity index (χ4v) is 2.31. The van der Waals surface area contributed by atoms with Crippen molar-refractivity contribution in [2.75, 3.05) is 13.7 Å². The zero-order valence-corrected chi connectivity index (χ0v) is 11.5. The van der Waals surface area contributed by atoms with Crippen molar-refractivity contribution in [3.05, 3.63) is 34.9 Å². The highest BCUT2D eigenvalue weighted by Crippen LogP contribution is 2.21. The van der Waals surface area contributed by atoms with Crippen LogP contribution in [0.1, 0.15) is 12.5 Å². The molecule has 1 N–H and O–H groups in total. The predicted molar refractivity (Wildman–Crippen MR) is 70.8 cm³/mol. The number of nitrogens with zero attached hydrogens (tertiary/aromatic N) is 1. The number of imide groups is 1. The third-order valence-corrected chi connectivity index (χ3v) is 3.24. The number of halogens is 1. The Morgan fingerprint density at radius 3 is 2.79 bits per heavy atom. The minimum absolute atomic E-state index is 0.142. The molecule has 19 heavy (non-hydrogen) atoms. The van der Waals surface area contributed by atoms with Crippen molar-refractivity contribution >= 4 is 23.5 Å². The van der Waals surface area contributed by atoms with Gasteiger partial charge in [0.2, 0.25) is 0 Å². The van der Waals surface area contributed by atoms with Crippen molar-refractivity contribution < 1.29 is 14.3 Å². The summed E-state index contributed by atoms with van der Waals surface area (Å²) >= 11 is 5.88. The summed E-state index contributed by atoms with van der Waals surface area (Å²) < 4.78 is 4.98. The van der Waals surface area contributed by atoms with E-state index in [-0.39, 0.29) is 19.1 Å². The third-order valence-electron chi connectivity index (χ3n) is 3.01. The first-order valence-electron chi connectivity index (χ1n) is 5.84. The average molecular weight is 283 g/mol. The second-order valence-corrected chi connectivity index (χ2v) is 5.15. The van der Waals surface area contributed by atoms with E-state index in [0.717, 1.165) is 5.56 Å². The zero-order valence-electron chi connectivity index (χ0n) is 10.8. The zero-order chi connectivity index (χ0) is 14.0. The highest BCUT2D eigenvalue weighted by molar-refractivity contribution is 6.30. The smallest absolute Gasteiger partial charge is 0.325 e. The van der Waals surface area contributed by atoms with Gasteiger partial charge < -0.3 is 10.1 Å². The summed E-state index contributed by atoms with van der Waals surface area (Å²) in [6, 6.07) is 6.66. The van der Waals surface area contributed by atoms with Gasteiger partial charge in [-0.05, 0) is 24.6 Å². The maximum Gasteiger partial charge on any atom is 0.325 e.